The van der Waals surface area contributed by atoms with E-state index in [-0.39, 0.29) is 0 Å². The predicted molar refractivity (Wildman–Crippen MR) is 86.9 cm³/mol. The molecule has 0 aromatic carbocycles. The normalized spacial score (nSPS) is 11.3. The molecule has 2 aromatic rings. The fraction of sp³-hybridized carbons (Fsp3) is 0.529. The molecule has 21 heavy (non-hydrogen) atoms. The lowest BCUT2D eigenvalue weighted by molar-refractivity contribution is 0.661. The van der Waals surface area contributed by atoms with E-state index in [9.17, 15) is 0 Å². The average molecular weight is 286 g/mol. The molecule has 0 saturated heterocycles. The number of nitrogens with zero attached hydrogens (tertiary/aromatic N) is 3. The van der Waals surface area contributed by atoms with E-state index in [0.717, 1.165) is 36.7 Å². The van der Waals surface area contributed by atoms with Crippen LogP contribution in [-0.4, -0.2) is 21.3 Å². The first-order chi connectivity index (χ1) is 10.0. The van der Waals surface area contributed by atoms with Gasteiger partial charge in [0.2, 0.25) is 0 Å². The molecule has 0 aliphatic heterocycles. The smallest absolute Gasteiger partial charge is 0.158 e. The number of hydrogen-bond donors (Lipinski definition) is 1. The molecule has 1 N–H and O–H groups in total. The van der Waals surface area contributed by atoms with Crippen LogP contribution in [0.5, 0.6) is 0 Å². The number of pyridine rings is 1. The molecule has 0 aliphatic carbocycles. The number of rotatable bonds is 6. The highest BCUT2D eigenvalue weighted by molar-refractivity contribution is 5.41. The predicted octanol–water partition coefficient (Wildman–Crippen LogP) is 3.51. The summed E-state index contributed by atoms with van der Waals surface area (Å²) in [4.78, 5) is 4.72. The standard InChI is InChI=1S/C17H26N4/c1-6-8-18-11-15-13(4)10-14(5)19-17(15)21-9-7-16(20-21)12(2)3/h7,9-10,12,18H,6,8,11H2,1-5H3. The minimum Gasteiger partial charge on any atom is -0.313 e. The Labute approximate surface area is 127 Å². The van der Waals surface area contributed by atoms with Gasteiger partial charge in [0.15, 0.2) is 5.82 Å². The van der Waals surface area contributed by atoms with E-state index in [1.54, 1.807) is 0 Å². The molecular weight excluding hydrogens is 260 g/mol. The number of nitrogens with one attached hydrogen (secondary N) is 1. The molecule has 2 heterocycles. The fourth-order valence-electron chi connectivity index (χ4n) is 2.41. The van der Waals surface area contributed by atoms with E-state index in [0.29, 0.717) is 5.92 Å². The van der Waals surface area contributed by atoms with Crippen molar-refractivity contribution >= 4 is 0 Å². The highest BCUT2D eigenvalue weighted by atomic mass is 15.3. The lowest BCUT2D eigenvalue weighted by Crippen LogP contribution is -2.18. The van der Waals surface area contributed by atoms with Crippen molar-refractivity contribution in [2.45, 2.75) is 53.5 Å². The number of hydrogen-bond acceptors (Lipinski definition) is 3. The molecule has 0 fully saturated rings. The molecule has 2 rings (SSSR count). The molecule has 0 saturated carbocycles. The van der Waals surface area contributed by atoms with Gasteiger partial charge in [-0.1, -0.05) is 20.8 Å². The van der Waals surface area contributed by atoms with Crippen molar-refractivity contribution in [3.05, 3.63) is 40.8 Å². The summed E-state index contributed by atoms with van der Waals surface area (Å²) < 4.78 is 1.91. The highest BCUT2D eigenvalue weighted by Gasteiger charge is 2.13. The van der Waals surface area contributed by atoms with Crippen molar-refractivity contribution in [1.29, 1.82) is 0 Å². The molecule has 0 aliphatic rings. The minimum atomic E-state index is 0.429. The summed E-state index contributed by atoms with van der Waals surface area (Å²) >= 11 is 0. The molecular formula is C17H26N4. The summed E-state index contributed by atoms with van der Waals surface area (Å²) in [6.45, 7) is 12.5. The van der Waals surface area contributed by atoms with Crippen LogP contribution in [-0.2, 0) is 6.54 Å². The maximum atomic E-state index is 4.72. The van der Waals surface area contributed by atoms with E-state index in [2.05, 4.69) is 50.2 Å². The van der Waals surface area contributed by atoms with Gasteiger partial charge in [0.05, 0.1) is 5.69 Å². The lowest BCUT2D eigenvalue weighted by Gasteiger charge is -2.14. The second-order valence-corrected chi connectivity index (χ2v) is 5.90. The van der Waals surface area contributed by atoms with Crippen LogP contribution in [0.2, 0.25) is 0 Å². The number of aromatic nitrogens is 3. The molecule has 0 unspecified atom stereocenters. The monoisotopic (exact) mass is 286 g/mol. The Hall–Kier alpha value is -1.68. The fourth-order valence-corrected chi connectivity index (χ4v) is 2.41. The van der Waals surface area contributed by atoms with E-state index in [4.69, 9.17) is 4.98 Å². The third kappa shape index (κ3) is 3.70. The average Bonchev–Trinajstić information content (AvgIpc) is 2.90. The maximum absolute atomic E-state index is 4.72. The zero-order valence-electron chi connectivity index (χ0n) is 13.8. The van der Waals surface area contributed by atoms with Crippen LogP contribution >= 0.6 is 0 Å². The summed E-state index contributed by atoms with van der Waals surface area (Å²) in [5.74, 6) is 1.38. The molecule has 0 radical (unpaired) electrons. The summed E-state index contributed by atoms with van der Waals surface area (Å²) in [5, 5.41) is 8.15. The minimum absolute atomic E-state index is 0.429. The van der Waals surface area contributed by atoms with Crippen molar-refractivity contribution in [3.63, 3.8) is 0 Å². The van der Waals surface area contributed by atoms with Crippen molar-refractivity contribution in [2.24, 2.45) is 0 Å². The summed E-state index contributed by atoms with van der Waals surface area (Å²) in [5.41, 5.74) is 4.63. The summed E-state index contributed by atoms with van der Waals surface area (Å²) in [6.07, 6.45) is 3.15. The van der Waals surface area contributed by atoms with Gasteiger partial charge in [0.1, 0.15) is 0 Å². The van der Waals surface area contributed by atoms with Crippen LogP contribution in [0, 0.1) is 13.8 Å². The lowest BCUT2D eigenvalue weighted by atomic mass is 10.1. The quantitative estimate of drug-likeness (QED) is 0.826. The first-order valence-electron chi connectivity index (χ1n) is 7.76. The Bertz CT molecular complexity index is 599. The van der Waals surface area contributed by atoms with Crippen molar-refractivity contribution in [2.75, 3.05) is 6.54 Å². The first kappa shape index (κ1) is 15.7. The topological polar surface area (TPSA) is 42.7 Å². The third-order valence-electron chi connectivity index (χ3n) is 3.60. The Morgan fingerprint density at radius 3 is 2.67 bits per heavy atom. The molecule has 114 valence electrons. The molecule has 0 amide bonds. The Morgan fingerprint density at radius 2 is 2.05 bits per heavy atom. The number of aryl methyl sites for hydroxylation is 2. The van der Waals surface area contributed by atoms with Gasteiger partial charge in [-0.05, 0) is 50.4 Å². The zero-order chi connectivity index (χ0) is 15.4. The van der Waals surface area contributed by atoms with Crippen molar-refractivity contribution < 1.29 is 0 Å². The summed E-state index contributed by atoms with van der Waals surface area (Å²) in [7, 11) is 0. The van der Waals surface area contributed by atoms with Crippen LogP contribution in [0.3, 0.4) is 0 Å². The van der Waals surface area contributed by atoms with Gasteiger partial charge < -0.3 is 5.32 Å². The SMILES string of the molecule is CCCNCc1c(C)cc(C)nc1-n1ccc(C(C)C)n1. The van der Waals surface area contributed by atoms with E-state index >= 15 is 0 Å². The molecule has 0 spiro atoms. The Morgan fingerprint density at radius 1 is 1.29 bits per heavy atom. The summed E-state index contributed by atoms with van der Waals surface area (Å²) in [6, 6.07) is 4.21. The van der Waals surface area contributed by atoms with Crippen LogP contribution < -0.4 is 5.32 Å². The Balaban J connectivity index is 2.39. The Kier molecular flexibility index (Phi) is 5.12. The molecule has 4 heteroatoms. The van der Waals surface area contributed by atoms with Crippen LogP contribution in [0.1, 0.15) is 55.6 Å². The van der Waals surface area contributed by atoms with Gasteiger partial charge in [-0.25, -0.2) is 9.67 Å². The molecule has 0 atom stereocenters. The van der Waals surface area contributed by atoms with E-state index in [1.807, 2.05) is 17.8 Å². The van der Waals surface area contributed by atoms with Gasteiger partial charge in [-0.2, -0.15) is 5.10 Å². The van der Waals surface area contributed by atoms with Crippen LogP contribution in [0.4, 0.5) is 0 Å². The van der Waals surface area contributed by atoms with Crippen molar-refractivity contribution in [3.8, 4) is 5.82 Å². The van der Waals surface area contributed by atoms with E-state index in [1.165, 1.54) is 11.1 Å². The third-order valence-corrected chi connectivity index (χ3v) is 3.60. The van der Waals surface area contributed by atoms with Crippen molar-refractivity contribution in [1.82, 2.24) is 20.1 Å². The largest absolute Gasteiger partial charge is 0.313 e. The molecule has 0 bridgehead atoms. The highest BCUT2D eigenvalue weighted by Crippen LogP contribution is 2.19. The van der Waals surface area contributed by atoms with Crippen LogP contribution in [0.25, 0.3) is 5.82 Å². The van der Waals surface area contributed by atoms with Gasteiger partial charge in [-0.15, -0.1) is 0 Å². The molecule has 4 nitrogen and oxygen atoms in total. The van der Waals surface area contributed by atoms with Gasteiger partial charge >= 0.3 is 0 Å². The van der Waals surface area contributed by atoms with Gasteiger partial charge in [-0.3, -0.25) is 0 Å². The van der Waals surface area contributed by atoms with Gasteiger partial charge in [0.25, 0.3) is 0 Å². The zero-order valence-corrected chi connectivity index (χ0v) is 13.8. The molecule has 2 aromatic heterocycles. The second-order valence-electron chi connectivity index (χ2n) is 5.90. The second kappa shape index (κ2) is 6.85. The van der Waals surface area contributed by atoms with Gasteiger partial charge in [0, 0.05) is 24.0 Å². The van der Waals surface area contributed by atoms with E-state index < -0.39 is 0 Å². The first-order valence-corrected chi connectivity index (χ1v) is 7.76. The maximum Gasteiger partial charge on any atom is 0.158 e. The van der Waals surface area contributed by atoms with Crippen LogP contribution in [0.15, 0.2) is 18.3 Å².